The molecule has 0 rings (SSSR count). The third-order valence-corrected chi connectivity index (χ3v) is 0.982. The van der Waals surface area contributed by atoms with Gasteiger partial charge in [0.1, 0.15) is 0 Å². The first-order valence-corrected chi connectivity index (χ1v) is 3.25. The molecule has 5 heteroatoms. The van der Waals surface area contributed by atoms with E-state index in [-0.39, 0.29) is 52.8 Å². The average Bonchev–Trinajstić information content (AvgIpc) is 1.65. The number of alkyl halides is 1. The molecule has 0 heterocycles. The van der Waals surface area contributed by atoms with Gasteiger partial charge in [0.25, 0.3) is 0 Å². The molecule has 0 saturated heterocycles. The predicted octanol–water partition coefficient (Wildman–Crippen LogP) is -0.870. The van der Waals surface area contributed by atoms with Gasteiger partial charge in [-0.2, -0.15) is 0 Å². The summed E-state index contributed by atoms with van der Waals surface area (Å²) < 4.78 is 0. The Kier molecular flexibility index (Phi) is 30.2. The predicted molar refractivity (Wildman–Crippen MR) is 35.9 cm³/mol. The Hall–Kier alpha value is 1.39. The number of hydrogen-bond acceptors (Lipinski definition) is 1. The van der Waals surface area contributed by atoms with Gasteiger partial charge in [-0.05, 0) is 6.42 Å². The van der Waals surface area contributed by atoms with Gasteiger partial charge < -0.3 is 11.6 Å². The maximum Gasteiger partial charge on any atom is 1.00 e. The first kappa shape index (κ1) is 16.8. The second kappa shape index (κ2) is 16.2. The van der Waals surface area contributed by atoms with E-state index in [1.54, 1.807) is 0 Å². The number of carboxylic acid groups (broad SMARTS) is 2. The van der Waals surface area contributed by atoms with Gasteiger partial charge in [0.05, 0.1) is 0 Å². The van der Waals surface area contributed by atoms with Gasteiger partial charge in [-0.1, -0.05) is 22.9 Å². The van der Waals surface area contributed by atoms with E-state index in [0.717, 1.165) is 5.33 Å². The summed E-state index contributed by atoms with van der Waals surface area (Å²) in [5.74, 6) is 0. The molecule has 9 heavy (non-hydrogen) atoms. The van der Waals surface area contributed by atoms with Crippen LogP contribution in [0.1, 0.15) is 14.8 Å². The summed E-state index contributed by atoms with van der Waals surface area (Å²) in [5, 5.41) is 15.1. The maximum atomic E-state index is 8.56. The molecule has 0 aromatic carbocycles. The standard InChI is InChI=1S/C3H7Br.CH2O3.K.H/c1-2-3-4;2-1(3)4;;/h2-3H2,1H3;(H2,2,3,4);;/q;;+1;-1. The summed E-state index contributed by atoms with van der Waals surface area (Å²) in [6.07, 6.45) is -0.597. The minimum atomic E-state index is -1.83. The van der Waals surface area contributed by atoms with E-state index in [0.29, 0.717) is 0 Å². The molecule has 0 aliphatic carbocycles. The van der Waals surface area contributed by atoms with Gasteiger partial charge in [-0.3, -0.25) is 0 Å². The van der Waals surface area contributed by atoms with Crippen molar-refractivity contribution in [3.63, 3.8) is 0 Å². The number of carbonyl (C=O) groups is 1. The fourth-order valence-corrected chi connectivity index (χ4v) is 0. The molecule has 0 aromatic rings. The molecule has 0 aliphatic rings. The molecule has 0 saturated carbocycles. The van der Waals surface area contributed by atoms with Gasteiger partial charge >= 0.3 is 57.5 Å². The second-order valence-corrected chi connectivity index (χ2v) is 1.76. The van der Waals surface area contributed by atoms with Gasteiger partial charge in [0.2, 0.25) is 0 Å². The van der Waals surface area contributed by atoms with Gasteiger partial charge in [0, 0.05) is 5.33 Å². The number of rotatable bonds is 1. The van der Waals surface area contributed by atoms with E-state index < -0.39 is 6.16 Å². The van der Waals surface area contributed by atoms with Gasteiger partial charge in [0.15, 0.2) is 0 Å². The minimum absolute atomic E-state index is 0. The maximum absolute atomic E-state index is 8.56. The van der Waals surface area contributed by atoms with Crippen LogP contribution in [0, 0.1) is 0 Å². The fourth-order valence-electron chi connectivity index (χ4n) is 0. The van der Waals surface area contributed by atoms with Crippen LogP contribution in [0.5, 0.6) is 0 Å². The quantitative estimate of drug-likeness (QED) is 0.450. The third-order valence-electron chi connectivity index (χ3n) is 0.189. The SMILES string of the molecule is CCCBr.O=C(O)O.[H-].[K+]. The van der Waals surface area contributed by atoms with Crippen molar-refractivity contribution < 1.29 is 67.8 Å². The van der Waals surface area contributed by atoms with E-state index in [1.165, 1.54) is 6.42 Å². The summed E-state index contributed by atoms with van der Waals surface area (Å²) in [6.45, 7) is 2.13. The van der Waals surface area contributed by atoms with E-state index in [1.807, 2.05) is 0 Å². The molecular weight excluding hydrogens is 215 g/mol. The molecule has 0 radical (unpaired) electrons. The topological polar surface area (TPSA) is 57.5 Å². The molecule has 3 nitrogen and oxygen atoms in total. The monoisotopic (exact) mass is 224 g/mol. The normalized spacial score (nSPS) is 6.00. The van der Waals surface area contributed by atoms with Crippen molar-refractivity contribution in [2.24, 2.45) is 0 Å². The van der Waals surface area contributed by atoms with E-state index in [4.69, 9.17) is 15.0 Å². The van der Waals surface area contributed by atoms with Crippen molar-refractivity contribution in [3.8, 4) is 0 Å². The van der Waals surface area contributed by atoms with Gasteiger partial charge in [-0.25, -0.2) is 4.79 Å². The third kappa shape index (κ3) is 89.9. The Bertz CT molecular complexity index is 58.5. The molecule has 0 atom stereocenters. The Morgan fingerprint density at radius 2 is 1.78 bits per heavy atom. The van der Waals surface area contributed by atoms with Crippen LogP contribution in [0.4, 0.5) is 4.79 Å². The Labute approximate surface area is 107 Å². The Balaban J connectivity index is -0.0000000300. The first-order chi connectivity index (χ1) is 3.65. The van der Waals surface area contributed by atoms with Crippen LogP contribution in [-0.2, 0) is 0 Å². The Morgan fingerprint density at radius 1 is 1.67 bits per heavy atom. The van der Waals surface area contributed by atoms with Crippen molar-refractivity contribution >= 4 is 22.1 Å². The molecule has 0 unspecified atom stereocenters. The molecule has 0 fully saturated rings. The summed E-state index contributed by atoms with van der Waals surface area (Å²) in [6, 6.07) is 0. The molecule has 52 valence electrons. The summed E-state index contributed by atoms with van der Waals surface area (Å²) in [7, 11) is 0. The van der Waals surface area contributed by atoms with Crippen molar-refractivity contribution in [2.75, 3.05) is 5.33 Å². The largest absolute Gasteiger partial charge is 1.00 e. The number of halogens is 1. The molecule has 0 spiro atoms. The van der Waals surface area contributed by atoms with Crippen LogP contribution in [0.2, 0.25) is 0 Å². The fraction of sp³-hybridized carbons (Fsp3) is 0.750. The Morgan fingerprint density at radius 3 is 1.78 bits per heavy atom. The average molecular weight is 225 g/mol. The summed E-state index contributed by atoms with van der Waals surface area (Å²) >= 11 is 3.25. The minimum Gasteiger partial charge on any atom is -1.00 e. The summed E-state index contributed by atoms with van der Waals surface area (Å²) in [4.78, 5) is 8.56. The van der Waals surface area contributed by atoms with Crippen molar-refractivity contribution in [1.29, 1.82) is 0 Å². The summed E-state index contributed by atoms with van der Waals surface area (Å²) in [5.41, 5.74) is 0. The van der Waals surface area contributed by atoms with Crippen LogP contribution in [0.15, 0.2) is 0 Å². The zero-order chi connectivity index (χ0) is 6.99. The van der Waals surface area contributed by atoms with Crippen molar-refractivity contribution in [1.82, 2.24) is 0 Å². The van der Waals surface area contributed by atoms with Crippen molar-refractivity contribution in [2.45, 2.75) is 13.3 Å². The van der Waals surface area contributed by atoms with Crippen LogP contribution in [0.3, 0.4) is 0 Å². The molecule has 0 aromatic heterocycles. The molecule has 0 aliphatic heterocycles. The van der Waals surface area contributed by atoms with Crippen LogP contribution in [0.25, 0.3) is 0 Å². The van der Waals surface area contributed by atoms with E-state index in [9.17, 15) is 0 Å². The van der Waals surface area contributed by atoms with Gasteiger partial charge in [-0.15, -0.1) is 0 Å². The van der Waals surface area contributed by atoms with Crippen LogP contribution < -0.4 is 51.4 Å². The zero-order valence-corrected chi connectivity index (χ0v) is 10.3. The second-order valence-electron chi connectivity index (χ2n) is 0.972. The first-order valence-electron chi connectivity index (χ1n) is 2.13. The number of hydrogen-bond donors (Lipinski definition) is 2. The smallest absolute Gasteiger partial charge is 1.00 e. The zero-order valence-electron chi connectivity index (χ0n) is 6.59. The van der Waals surface area contributed by atoms with E-state index >= 15 is 0 Å². The molecular formula is C4H10BrKO3. The molecule has 0 bridgehead atoms. The van der Waals surface area contributed by atoms with Crippen LogP contribution >= 0.6 is 15.9 Å². The van der Waals surface area contributed by atoms with Crippen LogP contribution in [-0.4, -0.2) is 21.7 Å². The van der Waals surface area contributed by atoms with E-state index in [2.05, 4.69) is 22.9 Å². The molecule has 2 N–H and O–H groups in total. The molecule has 0 amide bonds. The van der Waals surface area contributed by atoms with Crippen molar-refractivity contribution in [3.05, 3.63) is 0 Å².